The van der Waals surface area contributed by atoms with Crippen LogP contribution >= 0.6 is 0 Å². The third-order valence-electron chi connectivity index (χ3n) is 3.50. The molecule has 0 aliphatic carbocycles. The van der Waals surface area contributed by atoms with E-state index in [1.807, 2.05) is 4.90 Å². The molecule has 112 valence electrons. The van der Waals surface area contributed by atoms with E-state index in [0.717, 1.165) is 0 Å². The van der Waals surface area contributed by atoms with Gasteiger partial charge in [0, 0.05) is 32.7 Å². The minimum Gasteiger partial charge on any atom is -0.368 e. The molecular formula is C11H21F3N4O. The predicted octanol–water partition coefficient (Wildman–Crippen LogP) is -0.370. The molecule has 1 fully saturated rings. The molecule has 0 aromatic heterocycles. The highest BCUT2D eigenvalue weighted by Gasteiger charge is 2.35. The summed E-state index contributed by atoms with van der Waals surface area (Å²) in [7, 11) is 1.64. The van der Waals surface area contributed by atoms with Crippen molar-refractivity contribution in [1.82, 2.24) is 15.1 Å². The Hall–Kier alpha value is -0.860. The Labute approximate surface area is 110 Å². The smallest absolute Gasteiger partial charge is 0.368 e. The lowest BCUT2D eigenvalue weighted by atomic mass is 10.0. The number of hydrogen-bond acceptors (Lipinski definition) is 4. The van der Waals surface area contributed by atoms with Crippen LogP contribution in [0, 0.1) is 0 Å². The fourth-order valence-corrected chi connectivity index (χ4v) is 2.09. The van der Waals surface area contributed by atoms with E-state index in [-0.39, 0.29) is 0 Å². The molecule has 0 spiro atoms. The van der Waals surface area contributed by atoms with Crippen molar-refractivity contribution in [3.8, 4) is 0 Å². The number of likely N-dealkylation sites (N-methyl/N-ethyl adjacent to an activating group) is 1. The van der Waals surface area contributed by atoms with Crippen LogP contribution in [0.4, 0.5) is 13.2 Å². The van der Waals surface area contributed by atoms with Gasteiger partial charge in [-0.15, -0.1) is 0 Å². The number of nitrogens with one attached hydrogen (secondary N) is 1. The van der Waals surface area contributed by atoms with Crippen molar-refractivity contribution in [2.75, 3.05) is 46.3 Å². The van der Waals surface area contributed by atoms with Crippen LogP contribution in [0.3, 0.4) is 0 Å². The first-order valence-corrected chi connectivity index (χ1v) is 6.16. The lowest BCUT2D eigenvalue weighted by molar-refractivity contribution is -0.149. The lowest BCUT2D eigenvalue weighted by Crippen LogP contribution is -2.61. The van der Waals surface area contributed by atoms with Crippen molar-refractivity contribution in [1.29, 1.82) is 0 Å². The molecule has 1 atom stereocenters. The average Bonchev–Trinajstić information content (AvgIpc) is 2.29. The molecule has 1 amide bonds. The van der Waals surface area contributed by atoms with Crippen LogP contribution in [-0.2, 0) is 4.79 Å². The molecule has 8 heteroatoms. The van der Waals surface area contributed by atoms with E-state index in [2.05, 4.69) is 5.32 Å². The normalized spacial score (nSPS) is 22.2. The predicted molar refractivity (Wildman–Crippen MR) is 65.6 cm³/mol. The van der Waals surface area contributed by atoms with Crippen LogP contribution in [-0.4, -0.2) is 73.7 Å². The third kappa shape index (κ3) is 4.96. The van der Waals surface area contributed by atoms with Crippen molar-refractivity contribution >= 4 is 5.91 Å². The van der Waals surface area contributed by atoms with Gasteiger partial charge in [0.2, 0.25) is 5.91 Å². The van der Waals surface area contributed by atoms with E-state index < -0.39 is 24.2 Å². The largest absolute Gasteiger partial charge is 0.401 e. The van der Waals surface area contributed by atoms with E-state index >= 15 is 0 Å². The zero-order chi connectivity index (χ0) is 14.7. The molecule has 0 aromatic carbocycles. The van der Waals surface area contributed by atoms with E-state index in [4.69, 9.17) is 5.73 Å². The van der Waals surface area contributed by atoms with Crippen LogP contribution in [0.5, 0.6) is 0 Å². The van der Waals surface area contributed by atoms with Crippen molar-refractivity contribution in [2.45, 2.75) is 18.6 Å². The summed E-state index contributed by atoms with van der Waals surface area (Å²) in [6.07, 6.45) is -4.16. The number of rotatable bonds is 5. The number of alkyl halides is 3. The van der Waals surface area contributed by atoms with Gasteiger partial charge in [-0.25, -0.2) is 0 Å². The van der Waals surface area contributed by atoms with E-state index in [0.29, 0.717) is 32.7 Å². The SMILES string of the molecule is CNC(C)(CN1CCN(CC(F)(F)F)CC1)C(N)=O. The lowest BCUT2D eigenvalue weighted by Gasteiger charge is -2.39. The monoisotopic (exact) mass is 282 g/mol. The summed E-state index contributed by atoms with van der Waals surface area (Å²) in [5.41, 5.74) is 4.47. The number of amides is 1. The van der Waals surface area contributed by atoms with Gasteiger partial charge in [0.25, 0.3) is 0 Å². The Morgan fingerprint density at radius 3 is 1.89 bits per heavy atom. The molecule has 1 rings (SSSR count). The topological polar surface area (TPSA) is 61.6 Å². The Morgan fingerprint density at radius 2 is 1.58 bits per heavy atom. The zero-order valence-corrected chi connectivity index (χ0v) is 11.3. The third-order valence-corrected chi connectivity index (χ3v) is 3.50. The van der Waals surface area contributed by atoms with Gasteiger partial charge in [-0.3, -0.25) is 14.6 Å². The summed E-state index contributed by atoms with van der Waals surface area (Å²) in [5.74, 6) is -0.465. The Morgan fingerprint density at radius 1 is 1.16 bits per heavy atom. The summed E-state index contributed by atoms with van der Waals surface area (Å²) < 4.78 is 36.7. The van der Waals surface area contributed by atoms with Gasteiger partial charge in [-0.05, 0) is 14.0 Å². The fourth-order valence-electron chi connectivity index (χ4n) is 2.09. The number of primary amides is 1. The molecular weight excluding hydrogens is 261 g/mol. The summed E-state index contributed by atoms with van der Waals surface area (Å²) in [6.45, 7) is 2.91. The van der Waals surface area contributed by atoms with Crippen molar-refractivity contribution in [3.63, 3.8) is 0 Å². The van der Waals surface area contributed by atoms with Gasteiger partial charge < -0.3 is 11.1 Å². The van der Waals surface area contributed by atoms with Crippen LogP contribution in [0.25, 0.3) is 0 Å². The summed E-state index contributed by atoms with van der Waals surface area (Å²) >= 11 is 0. The van der Waals surface area contributed by atoms with Gasteiger partial charge in [-0.2, -0.15) is 13.2 Å². The maximum absolute atomic E-state index is 12.2. The Balaban J connectivity index is 2.44. The summed E-state index contributed by atoms with van der Waals surface area (Å²) in [4.78, 5) is 14.7. The number of carbonyl (C=O) groups excluding carboxylic acids is 1. The van der Waals surface area contributed by atoms with E-state index in [1.165, 1.54) is 4.90 Å². The minimum absolute atomic E-state index is 0.345. The molecule has 1 unspecified atom stereocenters. The quantitative estimate of drug-likeness (QED) is 0.722. The maximum atomic E-state index is 12.2. The van der Waals surface area contributed by atoms with Gasteiger partial charge in [0.1, 0.15) is 5.54 Å². The Bertz CT molecular complexity index is 316. The van der Waals surface area contributed by atoms with Gasteiger partial charge in [0.15, 0.2) is 0 Å². The molecule has 1 aliphatic rings. The van der Waals surface area contributed by atoms with E-state index in [1.54, 1.807) is 14.0 Å². The number of nitrogens with zero attached hydrogens (tertiary/aromatic N) is 2. The number of nitrogens with two attached hydrogens (primary N) is 1. The molecule has 5 nitrogen and oxygen atoms in total. The second-order valence-electron chi connectivity index (χ2n) is 5.11. The molecule has 19 heavy (non-hydrogen) atoms. The van der Waals surface area contributed by atoms with E-state index in [9.17, 15) is 18.0 Å². The molecule has 0 radical (unpaired) electrons. The standard InChI is InChI=1S/C11H21F3N4O/c1-10(16-2,9(15)19)7-17-3-5-18(6-4-17)8-11(12,13)14/h16H,3-8H2,1-2H3,(H2,15,19). The zero-order valence-electron chi connectivity index (χ0n) is 11.3. The van der Waals surface area contributed by atoms with Crippen molar-refractivity contribution < 1.29 is 18.0 Å². The van der Waals surface area contributed by atoms with Crippen molar-refractivity contribution in [2.24, 2.45) is 5.73 Å². The highest BCUT2D eigenvalue weighted by Crippen LogP contribution is 2.18. The second-order valence-corrected chi connectivity index (χ2v) is 5.11. The van der Waals surface area contributed by atoms with Crippen LogP contribution in [0.2, 0.25) is 0 Å². The van der Waals surface area contributed by atoms with Gasteiger partial charge in [0.05, 0.1) is 6.54 Å². The first kappa shape index (κ1) is 16.2. The number of carbonyl (C=O) groups is 1. The highest BCUT2D eigenvalue weighted by molar-refractivity contribution is 5.84. The van der Waals surface area contributed by atoms with Crippen molar-refractivity contribution in [3.05, 3.63) is 0 Å². The highest BCUT2D eigenvalue weighted by atomic mass is 19.4. The fraction of sp³-hybridized carbons (Fsp3) is 0.909. The molecule has 0 bridgehead atoms. The summed E-state index contributed by atoms with van der Waals surface area (Å²) in [5, 5.41) is 2.86. The van der Waals surface area contributed by atoms with Gasteiger partial charge in [-0.1, -0.05) is 0 Å². The van der Waals surface area contributed by atoms with Crippen LogP contribution < -0.4 is 11.1 Å². The molecule has 0 saturated carbocycles. The molecule has 3 N–H and O–H groups in total. The molecule has 1 aliphatic heterocycles. The van der Waals surface area contributed by atoms with Gasteiger partial charge >= 0.3 is 6.18 Å². The molecule has 0 aromatic rings. The summed E-state index contributed by atoms with van der Waals surface area (Å²) in [6, 6.07) is 0. The minimum atomic E-state index is -4.16. The molecule has 1 heterocycles. The molecule has 1 saturated heterocycles. The first-order chi connectivity index (χ1) is 8.66. The number of halogens is 3. The van der Waals surface area contributed by atoms with Crippen LogP contribution in [0.15, 0.2) is 0 Å². The maximum Gasteiger partial charge on any atom is 0.401 e. The number of hydrogen-bond donors (Lipinski definition) is 2. The first-order valence-electron chi connectivity index (χ1n) is 6.16. The average molecular weight is 282 g/mol. The number of piperazine rings is 1. The van der Waals surface area contributed by atoms with Crippen LogP contribution in [0.1, 0.15) is 6.92 Å². The second kappa shape index (κ2) is 6.06. The Kier molecular flexibility index (Phi) is 5.17.